The van der Waals surface area contributed by atoms with Crippen molar-refractivity contribution < 1.29 is 32.5 Å². The molecule has 1 N–H and O–H groups in total. The van der Waals surface area contributed by atoms with Crippen molar-refractivity contribution in [3.63, 3.8) is 0 Å². The SMILES string of the molecule is Cc1cc(OCc2nc(-c3ccc(C(F)(F)F)cc3)c(-c3ccc4ccccc4c3)s2)ccc1OCC(=O)O. The summed E-state index contributed by atoms with van der Waals surface area (Å²) in [5.41, 5.74) is 2.06. The number of halogens is 3. The van der Waals surface area contributed by atoms with Crippen LogP contribution in [0.4, 0.5) is 13.2 Å². The molecule has 1 heterocycles. The minimum absolute atomic E-state index is 0.140. The van der Waals surface area contributed by atoms with Gasteiger partial charge >= 0.3 is 12.1 Å². The van der Waals surface area contributed by atoms with Crippen molar-refractivity contribution in [2.45, 2.75) is 19.7 Å². The molecule has 9 heteroatoms. The number of thiazole rings is 1. The van der Waals surface area contributed by atoms with Crippen molar-refractivity contribution in [3.8, 4) is 33.2 Å². The van der Waals surface area contributed by atoms with E-state index in [9.17, 15) is 18.0 Å². The molecule has 0 radical (unpaired) electrons. The van der Waals surface area contributed by atoms with Gasteiger partial charge in [-0.15, -0.1) is 11.3 Å². The fourth-order valence-electron chi connectivity index (χ4n) is 4.12. The van der Waals surface area contributed by atoms with Gasteiger partial charge in [-0.2, -0.15) is 13.2 Å². The van der Waals surface area contributed by atoms with Gasteiger partial charge in [-0.1, -0.05) is 48.5 Å². The molecule has 0 saturated carbocycles. The Bertz CT molecular complexity index is 1640. The van der Waals surface area contributed by atoms with Gasteiger partial charge in [0.25, 0.3) is 0 Å². The largest absolute Gasteiger partial charge is 0.486 e. The van der Waals surface area contributed by atoms with Gasteiger partial charge in [0, 0.05) is 5.56 Å². The van der Waals surface area contributed by atoms with Crippen LogP contribution in [0.15, 0.2) is 84.9 Å². The van der Waals surface area contributed by atoms with Gasteiger partial charge in [0.2, 0.25) is 0 Å². The molecule has 5 rings (SSSR count). The molecule has 0 atom stereocenters. The van der Waals surface area contributed by atoms with Crippen LogP contribution in [0.25, 0.3) is 32.5 Å². The molecule has 5 aromatic rings. The molecule has 0 saturated heterocycles. The number of hydrogen-bond donors (Lipinski definition) is 1. The number of benzene rings is 4. The second-order valence-electron chi connectivity index (χ2n) is 8.82. The highest BCUT2D eigenvalue weighted by molar-refractivity contribution is 7.15. The highest BCUT2D eigenvalue weighted by Crippen LogP contribution is 2.39. The van der Waals surface area contributed by atoms with Crippen LogP contribution >= 0.6 is 11.3 Å². The lowest BCUT2D eigenvalue weighted by molar-refractivity contribution is -0.139. The van der Waals surface area contributed by atoms with E-state index in [1.807, 2.05) is 42.5 Å². The predicted octanol–water partition coefficient (Wildman–Crippen LogP) is 8.00. The molecule has 0 bridgehead atoms. The summed E-state index contributed by atoms with van der Waals surface area (Å²) in [6, 6.07) is 24.0. The molecule has 4 aromatic carbocycles. The monoisotopic (exact) mass is 549 g/mol. The summed E-state index contributed by atoms with van der Waals surface area (Å²) in [4.78, 5) is 16.3. The summed E-state index contributed by atoms with van der Waals surface area (Å²) < 4.78 is 50.7. The van der Waals surface area contributed by atoms with Crippen molar-refractivity contribution in [2.24, 2.45) is 0 Å². The summed E-state index contributed by atoms with van der Waals surface area (Å²) in [5.74, 6) is -0.0690. The zero-order valence-electron chi connectivity index (χ0n) is 20.7. The van der Waals surface area contributed by atoms with Gasteiger partial charge in [-0.05, 0) is 65.2 Å². The van der Waals surface area contributed by atoms with Gasteiger partial charge in [-0.3, -0.25) is 0 Å². The fourth-order valence-corrected chi connectivity index (χ4v) is 5.12. The Morgan fingerprint density at radius 2 is 1.62 bits per heavy atom. The molecule has 0 unspecified atom stereocenters. The predicted molar refractivity (Wildman–Crippen MR) is 144 cm³/mol. The number of hydrogen-bond acceptors (Lipinski definition) is 5. The second-order valence-corrected chi connectivity index (χ2v) is 9.90. The average molecular weight is 550 g/mol. The van der Waals surface area contributed by atoms with E-state index < -0.39 is 24.3 Å². The van der Waals surface area contributed by atoms with Gasteiger partial charge < -0.3 is 14.6 Å². The molecule has 0 aliphatic heterocycles. The summed E-state index contributed by atoms with van der Waals surface area (Å²) >= 11 is 1.42. The number of carbonyl (C=O) groups is 1. The molecule has 0 spiro atoms. The van der Waals surface area contributed by atoms with Crippen LogP contribution in [0.5, 0.6) is 11.5 Å². The maximum absolute atomic E-state index is 13.1. The van der Waals surface area contributed by atoms with Gasteiger partial charge in [-0.25, -0.2) is 9.78 Å². The number of alkyl halides is 3. The first-order chi connectivity index (χ1) is 18.7. The first-order valence-electron chi connectivity index (χ1n) is 11.9. The maximum atomic E-state index is 13.1. The highest BCUT2D eigenvalue weighted by atomic mass is 32.1. The zero-order chi connectivity index (χ0) is 27.6. The third-order valence-corrected chi connectivity index (χ3v) is 7.11. The van der Waals surface area contributed by atoms with Crippen molar-refractivity contribution in [2.75, 3.05) is 6.61 Å². The number of nitrogens with zero attached hydrogens (tertiary/aromatic N) is 1. The van der Waals surface area contributed by atoms with Crippen molar-refractivity contribution >= 4 is 28.1 Å². The van der Waals surface area contributed by atoms with E-state index in [-0.39, 0.29) is 6.61 Å². The number of carboxylic acids is 1. The number of carboxylic acid groups (broad SMARTS) is 1. The third-order valence-electron chi connectivity index (χ3n) is 6.03. The lowest BCUT2D eigenvalue weighted by Gasteiger charge is -2.09. The molecule has 0 aliphatic rings. The van der Waals surface area contributed by atoms with Crippen molar-refractivity contribution in [1.82, 2.24) is 4.98 Å². The quantitative estimate of drug-likeness (QED) is 0.212. The smallest absolute Gasteiger partial charge is 0.416 e. The number of rotatable bonds is 8. The fraction of sp³-hybridized carbons (Fsp3) is 0.133. The first-order valence-corrected chi connectivity index (χ1v) is 12.7. The maximum Gasteiger partial charge on any atom is 0.416 e. The molecule has 5 nitrogen and oxygen atoms in total. The van der Waals surface area contributed by atoms with Gasteiger partial charge in [0.1, 0.15) is 23.1 Å². The average Bonchev–Trinajstić information content (AvgIpc) is 3.35. The zero-order valence-corrected chi connectivity index (χ0v) is 21.5. The topological polar surface area (TPSA) is 68.7 Å². The Balaban J connectivity index is 1.46. The van der Waals surface area contributed by atoms with Crippen molar-refractivity contribution in [3.05, 3.63) is 101 Å². The summed E-state index contributed by atoms with van der Waals surface area (Å²) in [6.45, 7) is 1.49. The second kappa shape index (κ2) is 10.8. The van der Waals surface area contributed by atoms with E-state index in [1.165, 1.54) is 23.5 Å². The van der Waals surface area contributed by atoms with Gasteiger partial charge in [0.05, 0.1) is 16.1 Å². The molecular formula is C30H22F3NO4S. The van der Waals surface area contributed by atoms with E-state index in [0.29, 0.717) is 27.8 Å². The molecule has 1 aromatic heterocycles. The Hall–Kier alpha value is -4.37. The standard InChI is InChI=1S/C30H22F3NO4S/c1-18-14-24(12-13-25(18)38-17-27(35)36)37-16-26-34-28(20-8-10-23(11-9-20)30(31,32)33)29(39-26)22-7-6-19-4-2-3-5-21(19)15-22/h2-15H,16-17H2,1H3,(H,35,36). The first kappa shape index (κ1) is 26.2. The van der Waals surface area contributed by atoms with Crippen molar-refractivity contribution in [1.29, 1.82) is 0 Å². The number of ether oxygens (including phenoxy) is 2. The van der Waals surface area contributed by atoms with Crippen LogP contribution in [0.3, 0.4) is 0 Å². The lowest BCUT2D eigenvalue weighted by atomic mass is 10.0. The minimum Gasteiger partial charge on any atom is -0.486 e. The lowest BCUT2D eigenvalue weighted by Crippen LogP contribution is -2.10. The number of fused-ring (bicyclic) bond motifs is 1. The molecule has 0 amide bonds. The van der Waals surface area contributed by atoms with Crippen LogP contribution in [0, 0.1) is 6.92 Å². The summed E-state index contributed by atoms with van der Waals surface area (Å²) in [6.07, 6.45) is -4.42. The number of aryl methyl sites for hydroxylation is 1. The Morgan fingerprint density at radius 1 is 0.897 bits per heavy atom. The molecule has 0 aliphatic carbocycles. The van der Waals surface area contributed by atoms with E-state index in [4.69, 9.17) is 19.6 Å². The number of aromatic nitrogens is 1. The van der Waals surface area contributed by atoms with Crippen LogP contribution in [0.2, 0.25) is 0 Å². The van der Waals surface area contributed by atoms with Crippen LogP contribution in [0.1, 0.15) is 16.1 Å². The van der Waals surface area contributed by atoms with E-state index in [2.05, 4.69) is 0 Å². The van der Waals surface area contributed by atoms with Crippen LogP contribution in [-0.4, -0.2) is 22.7 Å². The molecule has 198 valence electrons. The normalized spacial score (nSPS) is 11.5. The molecular weight excluding hydrogens is 527 g/mol. The van der Waals surface area contributed by atoms with Gasteiger partial charge in [0.15, 0.2) is 6.61 Å². The van der Waals surface area contributed by atoms with Crippen LogP contribution in [-0.2, 0) is 17.6 Å². The number of aliphatic carboxylic acids is 1. The van der Waals surface area contributed by atoms with E-state index in [0.717, 1.165) is 38.9 Å². The van der Waals surface area contributed by atoms with E-state index >= 15 is 0 Å². The Labute approximate surface area is 226 Å². The minimum atomic E-state index is -4.42. The highest BCUT2D eigenvalue weighted by Gasteiger charge is 2.30. The third kappa shape index (κ3) is 6.04. The summed E-state index contributed by atoms with van der Waals surface area (Å²) in [5, 5.41) is 11.6. The Kier molecular flexibility index (Phi) is 7.26. The van der Waals surface area contributed by atoms with E-state index in [1.54, 1.807) is 25.1 Å². The van der Waals surface area contributed by atoms with Crippen LogP contribution < -0.4 is 9.47 Å². The Morgan fingerprint density at radius 3 is 2.31 bits per heavy atom. The molecule has 39 heavy (non-hydrogen) atoms. The molecule has 0 fully saturated rings. The summed E-state index contributed by atoms with van der Waals surface area (Å²) in [7, 11) is 0.